The number of amides is 1. The Balaban J connectivity index is 0. The summed E-state index contributed by atoms with van der Waals surface area (Å²) in [6, 6.07) is 8.70. The van der Waals surface area contributed by atoms with Gasteiger partial charge in [-0.2, -0.15) is 0 Å². The lowest BCUT2D eigenvalue weighted by molar-refractivity contribution is -0.140. The van der Waals surface area contributed by atoms with Gasteiger partial charge in [-0.3, -0.25) is 9.59 Å². The Bertz CT molecular complexity index is 469. The molecule has 27 heavy (non-hydrogen) atoms. The molecular weight excluding hydrogens is 338 g/mol. The molecule has 0 heterocycles. The number of unbranched alkanes of at least 4 members (excludes halogenated alkanes) is 5. The number of carbonyl (C=O) groups is 2. The van der Waals surface area contributed by atoms with E-state index in [-0.39, 0.29) is 11.9 Å². The Morgan fingerprint density at radius 3 is 1.74 bits per heavy atom. The van der Waals surface area contributed by atoms with Crippen LogP contribution >= 0.6 is 0 Å². The number of aryl methyl sites for hydroxylation is 1. The first-order valence-electron chi connectivity index (χ1n) is 10.4. The average Bonchev–Trinajstić information content (AvgIpc) is 2.67. The number of rotatable bonds is 10. The van der Waals surface area contributed by atoms with Crippen molar-refractivity contribution in [3.05, 3.63) is 35.4 Å². The Kier molecular flexibility index (Phi) is 20.8. The molecule has 0 aliphatic carbocycles. The summed E-state index contributed by atoms with van der Waals surface area (Å²) in [6.07, 6.45) is 10.0. The van der Waals surface area contributed by atoms with E-state index in [0.29, 0.717) is 6.61 Å². The van der Waals surface area contributed by atoms with Gasteiger partial charge in [-0.1, -0.05) is 77.1 Å². The Morgan fingerprint density at radius 1 is 0.852 bits per heavy atom. The highest BCUT2D eigenvalue weighted by atomic mass is 16.5. The van der Waals surface area contributed by atoms with Gasteiger partial charge >= 0.3 is 5.97 Å². The fraction of sp³-hybridized carbons (Fsp3) is 0.652. The number of nitrogens with one attached hydrogen (secondary N) is 1. The van der Waals surface area contributed by atoms with Crippen molar-refractivity contribution in [3.63, 3.8) is 0 Å². The normalized spacial score (nSPS) is 9.26. The average molecular weight is 380 g/mol. The SMILES string of the molecule is CC.CCCCCCCCc1ccc(CCOC(C)=O)cc1.CNC(C)=O. The highest BCUT2D eigenvalue weighted by molar-refractivity contribution is 5.72. The summed E-state index contributed by atoms with van der Waals surface area (Å²) in [5.74, 6) is -0.199. The molecule has 1 rings (SSSR count). The fourth-order valence-corrected chi connectivity index (χ4v) is 2.29. The Morgan fingerprint density at radius 2 is 1.30 bits per heavy atom. The van der Waals surface area contributed by atoms with E-state index >= 15 is 0 Å². The minimum Gasteiger partial charge on any atom is -0.466 e. The summed E-state index contributed by atoms with van der Waals surface area (Å²) in [4.78, 5) is 20.4. The molecule has 4 heteroatoms. The molecule has 1 N–H and O–H groups in total. The maximum absolute atomic E-state index is 10.7. The van der Waals surface area contributed by atoms with E-state index in [1.165, 1.54) is 69.9 Å². The molecule has 0 fully saturated rings. The summed E-state index contributed by atoms with van der Waals surface area (Å²) in [5.41, 5.74) is 2.65. The number of esters is 1. The molecule has 0 aliphatic heterocycles. The standard InChI is InChI=1S/C18H28O2.C3H7NO.C2H6/c1-3-4-5-6-7-8-9-17-10-12-18(13-11-17)14-15-20-16(2)19;1-3(5)4-2;1-2/h10-13H,3-9,14-15H2,1-2H3;1-2H3,(H,4,5);1-2H3. The highest BCUT2D eigenvalue weighted by Crippen LogP contribution is 2.11. The van der Waals surface area contributed by atoms with E-state index in [2.05, 4.69) is 36.5 Å². The molecule has 156 valence electrons. The van der Waals surface area contributed by atoms with E-state index in [1.54, 1.807) is 7.05 Å². The van der Waals surface area contributed by atoms with Crippen molar-refractivity contribution in [1.29, 1.82) is 0 Å². The quantitative estimate of drug-likeness (QED) is 0.433. The first-order chi connectivity index (χ1) is 13.0. The highest BCUT2D eigenvalue weighted by Gasteiger charge is 1.98. The summed E-state index contributed by atoms with van der Waals surface area (Å²) >= 11 is 0. The monoisotopic (exact) mass is 379 g/mol. The summed E-state index contributed by atoms with van der Waals surface area (Å²) < 4.78 is 4.95. The molecule has 0 saturated carbocycles. The fourth-order valence-electron chi connectivity index (χ4n) is 2.29. The van der Waals surface area contributed by atoms with Crippen molar-refractivity contribution in [3.8, 4) is 0 Å². The van der Waals surface area contributed by atoms with Gasteiger partial charge in [0.25, 0.3) is 0 Å². The largest absolute Gasteiger partial charge is 0.466 e. The van der Waals surface area contributed by atoms with Gasteiger partial charge in [-0.25, -0.2) is 0 Å². The van der Waals surface area contributed by atoms with E-state index in [9.17, 15) is 9.59 Å². The predicted molar refractivity (Wildman–Crippen MR) is 115 cm³/mol. The van der Waals surface area contributed by atoms with Crippen LogP contribution in [0.15, 0.2) is 24.3 Å². The minimum absolute atomic E-state index is 0.00463. The van der Waals surface area contributed by atoms with Gasteiger partial charge in [0.15, 0.2) is 0 Å². The van der Waals surface area contributed by atoms with E-state index in [0.717, 1.165) is 6.42 Å². The van der Waals surface area contributed by atoms with Crippen LogP contribution in [-0.2, 0) is 27.2 Å². The molecule has 0 spiro atoms. The van der Waals surface area contributed by atoms with Crippen molar-refractivity contribution in [1.82, 2.24) is 5.32 Å². The van der Waals surface area contributed by atoms with Crippen molar-refractivity contribution in [2.75, 3.05) is 13.7 Å². The van der Waals surface area contributed by atoms with Crippen LogP contribution in [0.1, 0.15) is 84.3 Å². The zero-order chi connectivity index (χ0) is 20.9. The van der Waals surface area contributed by atoms with E-state index in [4.69, 9.17) is 4.74 Å². The molecular formula is C23H41NO3. The van der Waals surface area contributed by atoms with Crippen molar-refractivity contribution < 1.29 is 14.3 Å². The molecule has 4 nitrogen and oxygen atoms in total. The van der Waals surface area contributed by atoms with Gasteiger partial charge in [0.1, 0.15) is 0 Å². The maximum Gasteiger partial charge on any atom is 0.302 e. The lowest BCUT2D eigenvalue weighted by Crippen LogP contribution is -2.11. The van der Waals surface area contributed by atoms with Crippen LogP contribution in [0.3, 0.4) is 0 Å². The van der Waals surface area contributed by atoms with Gasteiger partial charge in [0, 0.05) is 27.3 Å². The molecule has 0 radical (unpaired) electrons. The number of benzene rings is 1. The van der Waals surface area contributed by atoms with Gasteiger partial charge in [0.2, 0.25) is 5.91 Å². The van der Waals surface area contributed by atoms with Crippen LogP contribution in [0.2, 0.25) is 0 Å². The third-order valence-electron chi connectivity index (χ3n) is 3.89. The first kappa shape index (κ1) is 27.4. The smallest absolute Gasteiger partial charge is 0.302 e. The van der Waals surface area contributed by atoms with Gasteiger partial charge in [-0.15, -0.1) is 0 Å². The number of hydrogen-bond donors (Lipinski definition) is 1. The second kappa shape index (κ2) is 20.5. The topological polar surface area (TPSA) is 55.4 Å². The molecule has 1 aromatic rings. The van der Waals surface area contributed by atoms with Crippen LogP contribution in [0.4, 0.5) is 0 Å². The lowest BCUT2D eigenvalue weighted by atomic mass is 10.0. The zero-order valence-electron chi connectivity index (χ0n) is 18.4. The van der Waals surface area contributed by atoms with Gasteiger partial charge < -0.3 is 10.1 Å². The molecule has 0 atom stereocenters. The van der Waals surface area contributed by atoms with Crippen molar-refractivity contribution in [2.45, 2.75) is 86.0 Å². The van der Waals surface area contributed by atoms with Crippen LogP contribution in [0.25, 0.3) is 0 Å². The van der Waals surface area contributed by atoms with Crippen molar-refractivity contribution in [2.24, 2.45) is 0 Å². The summed E-state index contributed by atoms with van der Waals surface area (Å²) in [5, 5.41) is 2.39. The van der Waals surface area contributed by atoms with E-state index < -0.39 is 0 Å². The minimum atomic E-state index is -0.204. The molecule has 1 amide bonds. The second-order valence-corrected chi connectivity index (χ2v) is 6.23. The third-order valence-corrected chi connectivity index (χ3v) is 3.89. The Labute approximate surface area is 167 Å². The predicted octanol–water partition coefficient (Wildman–Crippen LogP) is 5.47. The molecule has 0 aromatic heterocycles. The van der Waals surface area contributed by atoms with Crippen LogP contribution < -0.4 is 5.32 Å². The lowest BCUT2D eigenvalue weighted by Gasteiger charge is -2.05. The van der Waals surface area contributed by atoms with Gasteiger partial charge in [0.05, 0.1) is 6.61 Å². The van der Waals surface area contributed by atoms with Gasteiger partial charge in [-0.05, 0) is 24.0 Å². The maximum atomic E-state index is 10.7. The van der Waals surface area contributed by atoms with Crippen LogP contribution in [0, 0.1) is 0 Å². The second-order valence-electron chi connectivity index (χ2n) is 6.23. The summed E-state index contributed by atoms with van der Waals surface area (Å²) in [7, 11) is 1.60. The Hall–Kier alpha value is -1.84. The van der Waals surface area contributed by atoms with Crippen molar-refractivity contribution >= 4 is 11.9 Å². The molecule has 0 bridgehead atoms. The molecule has 0 unspecified atom stereocenters. The molecule has 0 saturated heterocycles. The van der Waals surface area contributed by atoms with E-state index in [1.807, 2.05) is 13.8 Å². The summed E-state index contributed by atoms with van der Waals surface area (Å²) in [6.45, 7) is 9.65. The number of hydrogen-bond acceptors (Lipinski definition) is 3. The zero-order valence-corrected chi connectivity index (χ0v) is 18.4. The van der Waals surface area contributed by atoms with Crippen LogP contribution in [0.5, 0.6) is 0 Å². The van der Waals surface area contributed by atoms with Crippen LogP contribution in [-0.4, -0.2) is 25.5 Å². The number of carbonyl (C=O) groups excluding carboxylic acids is 2. The molecule has 0 aliphatic rings. The number of ether oxygens (including phenoxy) is 1. The third kappa shape index (κ3) is 20.3. The molecule has 1 aromatic carbocycles. The first-order valence-corrected chi connectivity index (χ1v) is 10.4.